The molecular formula is C29H25F3N2O5. The highest BCUT2D eigenvalue weighted by Gasteiger charge is 2.39. The molecule has 39 heavy (non-hydrogen) atoms. The van der Waals surface area contributed by atoms with E-state index in [1.165, 1.54) is 32.2 Å². The van der Waals surface area contributed by atoms with Crippen LogP contribution in [0.2, 0.25) is 0 Å². The highest BCUT2D eigenvalue weighted by molar-refractivity contribution is 6.23. The molecule has 0 saturated carbocycles. The quantitative estimate of drug-likeness (QED) is 0.304. The summed E-state index contributed by atoms with van der Waals surface area (Å²) in [5.41, 5.74) is 1.95. The Bertz CT molecular complexity index is 1560. The van der Waals surface area contributed by atoms with Gasteiger partial charge in [-0.25, -0.2) is 9.59 Å². The van der Waals surface area contributed by atoms with E-state index in [-0.39, 0.29) is 22.5 Å². The van der Waals surface area contributed by atoms with Crippen molar-refractivity contribution in [3.05, 3.63) is 99.5 Å². The zero-order chi connectivity index (χ0) is 28.6. The van der Waals surface area contributed by atoms with Crippen molar-refractivity contribution in [2.45, 2.75) is 26.9 Å². The van der Waals surface area contributed by atoms with Crippen LogP contribution in [-0.2, 0) is 25.2 Å². The number of hydrogen-bond acceptors (Lipinski definition) is 5. The number of halogens is 3. The van der Waals surface area contributed by atoms with Crippen molar-refractivity contribution in [2.24, 2.45) is 0 Å². The topological polar surface area (TPSA) is 77.8 Å². The molecule has 202 valence electrons. The van der Waals surface area contributed by atoms with Gasteiger partial charge in [-0.3, -0.25) is 9.69 Å². The lowest BCUT2D eigenvalue weighted by atomic mass is 10.0. The average molecular weight is 539 g/mol. The van der Waals surface area contributed by atoms with Crippen molar-refractivity contribution < 1.29 is 37.0 Å². The number of rotatable bonds is 5. The van der Waals surface area contributed by atoms with Gasteiger partial charge in [0.05, 0.1) is 42.2 Å². The molecule has 0 bridgehead atoms. The number of para-hydroxylation sites is 1. The van der Waals surface area contributed by atoms with Crippen molar-refractivity contribution in [1.29, 1.82) is 0 Å². The van der Waals surface area contributed by atoms with E-state index in [1.54, 1.807) is 37.3 Å². The van der Waals surface area contributed by atoms with Gasteiger partial charge in [-0.05, 0) is 68.8 Å². The minimum Gasteiger partial charge on any atom is -0.465 e. The number of nitrogens with zero attached hydrogens (tertiary/aromatic N) is 2. The Morgan fingerprint density at radius 2 is 1.56 bits per heavy atom. The smallest absolute Gasteiger partial charge is 0.416 e. The molecule has 0 unspecified atom stereocenters. The molecule has 7 nitrogen and oxygen atoms in total. The van der Waals surface area contributed by atoms with Crippen molar-refractivity contribution in [3.63, 3.8) is 0 Å². The number of hydrogen-bond donors (Lipinski definition) is 0. The maximum atomic E-state index is 13.6. The first-order chi connectivity index (χ1) is 18.4. The number of amides is 1. The van der Waals surface area contributed by atoms with Crippen LogP contribution in [0.25, 0.3) is 11.8 Å². The van der Waals surface area contributed by atoms with E-state index in [0.717, 1.165) is 29.8 Å². The number of esters is 2. The summed E-state index contributed by atoms with van der Waals surface area (Å²) in [5.74, 6) is -1.99. The number of anilines is 1. The van der Waals surface area contributed by atoms with Crippen LogP contribution >= 0.6 is 0 Å². The standard InChI is InChI=1S/C29H25F3N2O5/c1-16-13-19(17(2)33(16)24-12-7-6-11-22(24)27(36)38-4)14-23-25(28(37)39-5)18(3)34(26(23)35)21-10-8-9-20(15-21)29(30,31)32/h6-15H,1-5H3/b23-14-. The van der Waals surface area contributed by atoms with E-state index in [2.05, 4.69) is 0 Å². The first kappa shape index (κ1) is 27.4. The van der Waals surface area contributed by atoms with Crippen LogP contribution in [0.1, 0.15) is 39.8 Å². The summed E-state index contributed by atoms with van der Waals surface area (Å²) >= 11 is 0. The molecule has 4 rings (SSSR count). The lowest BCUT2D eigenvalue weighted by Gasteiger charge is -2.19. The van der Waals surface area contributed by atoms with Gasteiger partial charge in [0.1, 0.15) is 0 Å². The minimum atomic E-state index is -4.61. The Hall–Kier alpha value is -4.60. The van der Waals surface area contributed by atoms with Crippen molar-refractivity contribution >= 4 is 29.6 Å². The Morgan fingerprint density at radius 1 is 0.897 bits per heavy atom. The molecule has 2 heterocycles. The highest BCUT2D eigenvalue weighted by Crippen LogP contribution is 2.39. The summed E-state index contributed by atoms with van der Waals surface area (Å²) in [6.07, 6.45) is -3.11. The lowest BCUT2D eigenvalue weighted by molar-refractivity contribution is -0.137. The lowest BCUT2D eigenvalue weighted by Crippen LogP contribution is -2.25. The van der Waals surface area contributed by atoms with Crippen LogP contribution < -0.4 is 4.90 Å². The largest absolute Gasteiger partial charge is 0.465 e. The van der Waals surface area contributed by atoms with Crippen molar-refractivity contribution in [1.82, 2.24) is 4.57 Å². The van der Waals surface area contributed by atoms with E-state index in [1.807, 2.05) is 11.5 Å². The monoisotopic (exact) mass is 538 g/mol. The molecular weight excluding hydrogens is 513 g/mol. The van der Waals surface area contributed by atoms with Crippen LogP contribution in [0.3, 0.4) is 0 Å². The van der Waals surface area contributed by atoms with Gasteiger partial charge in [-0.2, -0.15) is 13.2 Å². The summed E-state index contributed by atoms with van der Waals surface area (Å²) in [6, 6.07) is 13.0. The Labute approximate surface area is 222 Å². The highest BCUT2D eigenvalue weighted by atomic mass is 19.4. The third-order valence-electron chi connectivity index (χ3n) is 6.54. The van der Waals surface area contributed by atoms with E-state index in [0.29, 0.717) is 22.5 Å². The number of aromatic nitrogens is 1. The molecule has 10 heteroatoms. The van der Waals surface area contributed by atoms with Gasteiger partial charge in [0, 0.05) is 22.8 Å². The summed E-state index contributed by atoms with van der Waals surface area (Å²) in [6.45, 7) is 5.07. The number of allylic oxidation sites excluding steroid dienone is 1. The Morgan fingerprint density at radius 3 is 2.21 bits per heavy atom. The van der Waals surface area contributed by atoms with E-state index >= 15 is 0 Å². The first-order valence-electron chi connectivity index (χ1n) is 11.8. The fourth-order valence-corrected chi connectivity index (χ4v) is 4.72. The summed E-state index contributed by atoms with van der Waals surface area (Å²) in [4.78, 5) is 39.8. The fraction of sp³-hybridized carbons (Fsp3) is 0.207. The van der Waals surface area contributed by atoms with Gasteiger partial charge in [-0.1, -0.05) is 18.2 Å². The molecule has 0 radical (unpaired) electrons. The van der Waals surface area contributed by atoms with Crippen LogP contribution in [0.5, 0.6) is 0 Å². The minimum absolute atomic E-state index is 0.0294. The average Bonchev–Trinajstić information content (AvgIpc) is 3.32. The second-order valence-corrected chi connectivity index (χ2v) is 8.87. The van der Waals surface area contributed by atoms with Crippen LogP contribution in [0.15, 0.2) is 71.4 Å². The van der Waals surface area contributed by atoms with E-state index < -0.39 is 29.6 Å². The zero-order valence-electron chi connectivity index (χ0n) is 21.8. The maximum Gasteiger partial charge on any atom is 0.416 e. The third-order valence-corrected chi connectivity index (χ3v) is 6.54. The second kappa shape index (κ2) is 10.3. The molecule has 0 atom stereocenters. The van der Waals surface area contributed by atoms with Crippen LogP contribution in [0, 0.1) is 13.8 Å². The molecule has 3 aromatic rings. The van der Waals surface area contributed by atoms with Gasteiger partial charge in [-0.15, -0.1) is 0 Å². The van der Waals surface area contributed by atoms with Gasteiger partial charge in [0.25, 0.3) is 5.91 Å². The second-order valence-electron chi connectivity index (χ2n) is 8.87. The number of methoxy groups -OCH3 is 2. The predicted octanol–water partition coefficient (Wildman–Crippen LogP) is 5.78. The summed E-state index contributed by atoms with van der Waals surface area (Å²) in [7, 11) is 2.45. The van der Waals surface area contributed by atoms with Gasteiger partial charge < -0.3 is 14.0 Å². The van der Waals surface area contributed by atoms with Crippen molar-refractivity contribution in [2.75, 3.05) is 19.1 Å². The van der Waals surface area contributed by atoms with Crippen LogP contribution in [0.4, 0.5) is 18.9 Å². The molecule has 1 aliphatic heterocycles. The molecule has 1 aliphatic rings. The summed E-state index contributed by atoms with van der Waals surface area (Å²) in [5, 5.41) is 0. The molecule has 0 spiro atoms. The molecule has 0 fully saturated rings. The SMILES string of the molecule is COC(=O)C1=C(C)N(c2cccc(C(F)(F)F)c2)C(=O)/C1=C\c1cc(C)n(-c2ccccc2C(=O)OC)c1C. The first-order valence-corrected chi connectivity index (χ1v) is 11.8. The Kier molecular flexibility index (Phi) is 7.23. The van der Waals surface area contributed by atoms with E-state index in [9.17, 15) is 27.6 Å². The third kappa shape index (κ3) is 4.85. The number of aryl methyl sites for hydroxylation is 1. The van der Waals surface area contributed by atoms with E-state index in [4.69, 9.17) is 9.47 Å². The van der Waals surface area contributed by atoms with Crippen molar-refractivity contribution in [3.8, 4) is 5.69 Å². The normalized spacial score (nSPS) is 14.8. The maximum absolute atomic E-state index is 13.6. The fourth-order valence-electron chi connectivity index (χ4n) is 4.72. The number of ether oxygens (including phenoxy) is 2. The molecule has 0 N–H and O–H groups in total. The number of benzene rings is 2. The molecule has 0 aliphatic carbocycles. The number of alkyl halides is 3. The molecule has 1 aromatic heterocycles. The Balaban J connectivity index is 1.87. The number of carbonyl (C=O) groups excluding carboxylic acids is 3. The summed E-state index contributed by atoms with van der Waals surface area (Å²) < 4.78 is 51.7. The van der Waals surface area contributed by atoms with Gasteiger partial charge >= 0.3 is 18.1 Å². The molecule has 1 amide bonds. The molecule has 2 aromatic carbocycles. The number of carbonyl (C=O) groups is 3. The van der Waals surface area contributed by atoms with Crippen LogP contribution in [-0.4, -0.2) is 36.6 Å². The predicted molar refractivity (Wildman–Crippen MR) is 138 cm³/mol. The van der Waals surface area contributed by atoms with Gasteiger partial charge in [0.2, 0.25) is 0 Å². The molecule has 0 saturated heterocycles. The zero-order valence-corrected chi connectivity index (χ0v) is 21.8. The van der Waals surface area contributed by atoms with Gasteiger partial charge in [0.15, 0.2) is 0 Å².